The van der Waals surface area contributed by atoms with Crippen molar-refractivity contribution in [3.05, 3.63) is 22.9 Å². The molecule has 0 saturated carbocycles. The largest absolute Gasteiger partial charge is 0.464 e. The molecule has 0 radical (unpaired) electrons. The van der Waals surface area contributed by atoms with Crippen LogP contribution in [0.5, 0.6) is 0 Å². The zero-order chi connectivity index (χ0) is 26.6. The molecule has 2 aliphatic rings. The second-order valence-corrected chi connectivity index (χ2v) is 9.94. The minimum atomic E-state index is -4.56. The molecular formula is C17H22N8O9S2. The van der Waals surface area contributed by atoms with E-state index in [4.69, 9.17) is 15.0 Å². The molecule has 0 bridgehead atoms. The fourth-order valence-electron chi connectivity index (χ4n) is 3.08. The predicted molar refractivity (Wildman–Crippen MR) is 123 cm³/mol. The van der Waals surface area contributed by atoms with Gasteiger partial charge in [0.25, 0.3) is 5.91 Å². The zero-order valence-electron chi connectivity index (χ0n) is 19.1. The van der Waals surface area contributed by atoms with E-state index in [1.807, 2.05) is 4.72 Å². The van der Waals surface area contributed by atoms with Crippen molar-refractivity contribution in [3.8, 4) is 0 Å². The molecule has 0 aromatic carbocycles. The van der Waals surface area contributed by atoms with Crippen molar-refractivity contribution in [1.29, 1.82) is 0 Å². The number of amides is 4. The molecule has 0 spiro atoms. The summed E-state index contributed by atoms with van der Waals surface area (Å²) in [5.41, 5.74) is 5.97. The lowest BCUT2D eigenvalue weighted by atomic mass is 9.95. The number of anilines is 1. The van der Waals surface area contributed by atoms with Gasteiger partial charge in [0.2, 0.25) is 5.91 Å². The monoisotopic (exact) mass is 546 g/mol. The van der Waals surface area contributed by atoms with Gasteiger partial charge >= 0.3 is 22.2 Å². The molecule has 2 aliphatic heterocycles. The number of β-lactam (4-membered cyclic amide) rings is 1. The number of aliphatic imine (C=N–C) groups is 1. The van der Waals surface area contributed by atoms with Crippen molar-refractivity contribution >= 4 is 55.7 Å². The lowest BCUT2D eigenvalue weighted by molar-refractivity contribution is -0.166. The van der Waals surface area contributed by atoms with Crippen molar-refractivity contribution in [2.24, 2.45) is 15.3 Å². The number of rotatable bonds is 9. The Morgan fingerprint density at radius 3 is 2.69 bits per heavy atom. The number of nitrogens with zero attached hydrogens (tertiary/aromatic N) is 4. The zero-order valence-corrected chi connectivity index (χ0v) is 20.7. The van der Waals surface area contributed by atoms with E-state index < -0.39 is 56.8 Å². The first-order valence-electron chi connectivity index (χ1n) is 10.0. The van der Waals surface area contributed by atoms with E-state index in [1.54, 1.807) is 4.72 Å². The van der Waals surface area contributed by atoms with Crippen LogP contribution >= 0.6 is 0 Å². The first-order chi connectivity index (χ1) is 17.0. The summed E-state index contributed by atoms with van der Waals surface area (Å²) < 4.78 is 41.3. The smallest absolute Gasteiger partial charge is 0.340 e. The van der Waals surface area contributed by atoms with Crippen LogP contribution < -0.4 is 20.5 Å². The van der Waals surface area contributed by atoms with E-state index in [9.17, 15) is 27.6 Å². The molecule has 36 heavy (non-hydrogen) atoms. The number of amidine groups is 1. The fraction of sp³-hybridized carbons (Fsp3) is 0.412. The molecule has 0 aliphatic carbocycles. The number of aromatic nitrogens is 1. The Bertz CT molecular complexity index is 1290. The van der Waals surface area contributed by atoms with Gasteiger partial charge in [-0.3, -0.25) is 9.59 Å². The number of carbonyl (C=O) groups is 4. The number of nitrogens with one attached hydrogen (secondary N) is 3. The van der Waals surface area contributed by atoms with Crippen LogP contribution in [0, 0.1) is 6.92 Å². The lowest BCUT2D eigenvalue weighted by Gasteiger charge is -2.43. The number of esters is 1. The van der Waals surface area contributed by atoms with E-state index in [0.29, 0.717) is 10.7 Å². The van der Waals surface area contributed by atoms with Crippen molar-refractivity contribution < 1.29 is 41.7 Å². The van der Waals surface area contributed by atoms with Crippen molar-refractivity contribution in [1.82, 2.24) is 20.1 Å². The third-order valence-electron chi connectivity index (χ3n) is 4.46. The van der Waals surface area contributed by atoms with Crippen molar-refractivity contribution in [2.75, 3.05) is 18.4 Å². The number of aryl methyl sites for hydroxylation is 1. The molecule has 3 rings (SSSR count). The van der Waals surface area contributed by atoms with Gasteiger partial charge in [-0.25, -0.2) is 33.8 Å². The molecule has 1 unspecified atom stereocenters. The van der Waals surface area contributed by atoms with Gasteiger partial charge < -0.3 is 20.3 Å². The van der Waals surface area contributed by atoms with Crippen LogP contribution in [0.3, 0.4) is 0 Å². The third kappa shape index (κ3) is 6.04. The number of hydrogen-bond donors (Lipinski definition) is 4. The average molecular weight is 547 g/mol. The summed E-state index contributed by atoms with van der Waals surface area (Å²) >= 11 is 0. The maximum absolute atomic E-state index is 12.6. The molecular weight excluding hydrogens is 524 g/mol. The lowest BCUT2D eigenvalue weighted by Crippen LogP contribution is -2.76. The molecule has 3 heterocycles. The Balaban J connectivity index is 1.69. The maximum Gasteiger partial charge on any atom is 0.340 e. The number of urea groups is 1. The molecule has 19 heteroatoms. The Kier molecular flexibility index (Phi) is 8.05. The van der Waals surface area contributed by atoms with E-state index in [0.717, 1.165) is 0 Å². The molecule has 4 amide bonds. The molecule has 1 aromatic rings. The van der Waals surface area contributed by atoms with Crippen LogP contribution in [-0.2, 0) is 44.9 Å². The second-order valence-electron chi connectivity index (χ2n) is 7.09. The SMILES string of the molecule is CCOC(=O)[C@@H]1[C@H](NC(=O)CC2=CS(=NOC)C(N)=N2)C(=O)N1C(=O)NS(=O)(=O)Nc1cc(C)on1. The number of ether oxygens (including phenoxy) is 1. The molecule has 1 fully saturated rings. The Labute approximate surface area is 206 Å². The van der Waals surface area contributed by atoms with Crippen LogP contribution in [0.25, 0.3) is 0 Å². The van der Waals surface area contributed by atoms with Gasteiger partial charge in [-0.1, -0.05) is 9.68 Å². The van der Waals surface area contributed by atoms with Crippen LogP contribution in [0.1, 0.15) is 19.1 Å². The summed E-state index contributed by atoms with van der Waals surface area (Å²) in [7, 11) is -4.19. The second kappa shape index (κ2) is 10.8. The number of imide groups is 1. The van der Waals surface area contributed by atoms with Gasteiger partial charge in [-0.2, -0.15) is 8.42 Å². The van der Waals surface area contributed by atoms with Crippen LogP contribution in [0.2, 0.25) is 0 Å². The summed E-state index contributed by atoms with van der Waals surface area (Å²) in [6.07, 6.45) is -0.315. The quantitative estimate of drug-likeness (QED) is 0.158. The minimum absolute atomic E-state index is 0.1000. The van der Waals surface area contributed by atoms with Gasteiger partial charge in [0.1, 0.15) is 11.8 Å². The Hall–Kier alpha value is -3.84. The highest BCUT2D eigenvalue weighted by Gasteiger charge is 2.57. The van der Waals surface area contributed by atoms with Gasteiger partial charge in [0, 0.05) is 22.2 Å². The highest BCUT2D eigenvalue weighted by molar-refractivity contribution is 8.05. The maximum atomic E-state index is 12.6. The average Bonchev–Trinajstić information content (AvgIpc) is 3.33. The Morgan fingerprint density at radius 2 is 2.08 bits per heavy atom. The number of nitrogens with two attached hydrogens (primary N) is 1. The van der Waals surface area contributed by atoms with Gasteiger partial charge in [0.05, 0.1) is 25.8 Å². The highest BCUT2D eigenvalue weighted by atomic mass is 32.2. The van der Waals surface area contributed by atoms with E-state index >= 15 is 0 Å². The first-order valence-corrected chi connectivity index (χ1v) is 12.8. The number of likely N-dealkylation sites (tertiary alicyclic amines) is 1. The summed E-state index contributed by atoms with van der Waals surface area (Å²) in [5, 5.41) is 7.37. The Morgan fingerprint density at radius 1 is 1.36 bits per heavy atom. The summed E-state index contributed by atoms with van der Waals surface area (Å²) in [4.78, 5) is 59.1. The topological polar surface area (TPSA) is 237 Å². The molecule has 1 saturated heterocycles. The summed E-state index contributed by atoms with van der Waals surface area (Å²) in [6.45, 7) is 2.90. The fourth-order valence-corrected chi connectivity index (χ4v) is 4.84. The molecule has 17 nitrogen and oxygen atoms in total. The molecule has 196 valence electrons. The van der Waals surface area contributed by atoms with Crippen LogP contribution in [0.4, 0.5) is 10.6 Å². The summed E-state index contributed by atoms with van der Waals surface area (Å²) in [6, 6.07) is -3.30. The van der Waals surface area contributed by atoms with Crippen molar-refractivity contribution in [3.63, 3.8) is 0 Å². The predicted octanol–water partition coefficient (Wildman–Crippen LogP) is -1.47. The van der Waals surface area contributed by atoms with Gasteiger partial charge in [-0.15, -0.1) is 0 Å². The van der Waals surface area contributed by atoms with E-state index in [2.05, 4.69) is 24.8 Å². The molecule has 3 atom stereocenters. The third-order valence-corrected chi connectivity index (χ3v) is 6.71. The van der Waals surface area contributed by atoms with Crippen LogP contribution in [-0.4, -0.2) is 73.3 Å². The van der Waals surface area contributed by atoms with E-state index in [1.165, 1.54) is 32.4 Å². The van der Waals surface area contributed by atoms with Gasteiger partial charge in [0.15, 0.2) is 17.0 Å². The standard InChI is InChI=1S/C17H22N8O9S2/c1-4-33-15(28)13-12(20-11(26)6-9-7-35(24-32-3)16(18)19-9)14(27)25(13)17(29)23-36(30,31)22-10-5-8(2)34-21-10/h5,7,12-13H,4,6H2,1-3H3,(H2,18,19)(H,20,26)(H,21,22)(H,23,29)/t12-,13-,35?/m0/s1. The number of hydrogen-bond acceptors (Lipinski definition) is 13. The number of carbonyl (C=O) groups excluding carboxylic acids is 4. The normalized spacial score (nSPS) is 21.4. The highest BCUT2D eigenvalue weighted by Crippen LogP contribution is 2.23. The van der Waals surface area contributed by atoms with E-state index in [-0.39, 0.29) is 29.7 Å². The minimum Gasteiger partial charge on any atom is -0.464 e. The molecule has 5 N–H and O–H groups in total. The van der Waals surface area contributed by atoms with Crippen molar-refractivity contribution in [2.45, 2.75) is 32.4 Å². The molecule has 1 aromatic heterocycles. The van der Waals surface area contributed by atoms with Gasteiger partial charge in [-0.05, 0) is 13.8 Å². The summed E-state index contributed by atoms with van der Waals surface area (Å²) in [5.74, 6) is -2.71. The van der Waals surface area contributed by atoms with Crippen LogP contribution in [0.15, 0.2) is 31.2 Å². The first kappa shape index (κ1) is 26.8.